The molecule has 0 saturated carbocycles. The fourth-order valence-electron chi connectivity index (χ4n) is 2.26. The first-order chi connectivity index (χ1) is 12.0. The van der Waals surface area contributed by atoms with Gasteiger partial charge in [0.1, 0.15) is 5.82 Å². The van der Waals surface area contributed by atoms with E-state index in [0.717, 1.165) is 17.7 Å². The summed E-state index contributed by atoms with van der Waals surface area (Å²) < 4.78 is 0. The molecule has 1 aromatic carbocycles. The minimum atomic E-state index is -0.190. The summed E-state index contributed by atoms with van der Waals surface area (Å²) in [6.07, 6.45) is 2.44. The molecule has 0 bridgehead atoms. The molecule has 0 aliphatic rings. The van der Waals surface area contributed by atoms with Crippen molar-refractivity contribution in [2.45, 2.75) is 26.8 Å². The number of nitrogens with one attached hydrogen (secondary N) is 3. The van der Waals surface area contributed by atoms with E-state index in [-0.39, 0.29) is 17.7 Å². The van der Waals surface area contributed by atoms with Gasteiger partial charge in [0.05, 0.1) is 5.56 Å². The van der Waals surface area contributed by atoms with Crippen LogP contribution >= 0.6 is 0 Å². The van der Waals surface area contributed by atoms with Crippen LogP contribution in [-0.2, 0) is 11.3 Å². The SMILES string of the molecule is CCC(C)C(=O)Nc1cccc(CNc2ncccc2C(=O)NC)c1. The molecule has 2 rings (SSSR count). The van der Waals surface area contributed by atoms with Crippen LogP contribution in [0.1, 0.15) is 36.2 Å². The van der Waals surface area contributed by atoms with E-state index >= 15 is 0 Å². The van der Waals surface area contributed by atoms with Crippen LogP contribution in [0.15, 0.2) is 42.6 Å². The molecule has 6 heteroatoms. The molecule has 0 radical (unpaired) electrons. The maximum atomic E-state index is 12.0. The summed E-state index contributed by atoms with van der Waals surface area (Å²) in [5.74, 6) is 0.325. The van der Waals surface area contributed by atoms with Gasteiger partial charge in [0.2, 0.25) is 5.91 Å². The molecule has 2 aromatic rings. The number of nitrogens with zero attached hydrogens (tertiary/aromatic N) is 1. The lowest BCUT2D eigenvalue weighted by atomic mass is 10.1. The molecule has 1 aromatic heterocycles. The predicted molar refractivity (Wildman–Crippen MR) is 99.5 cm³/mol. The van der Waals surface area contributed by atoms with E-state index in [1.165, 1.54) is 0 Å². The first kappa shape index (κ1) is 18.4. The average molecular weight is 340 g/mol. The van der Waals surface area contributed by atoms with Gasteiger partial charge in [-0.1, -0.05) is 26.0 Å². The normalized spacial score (nSPS) is 11.5. The Kier molecular flexibility index (Phi) is 6.51. The lowest BCUT2D eigenvalue weighted by Gasteiger charge is -2.12. The number of anilines is 2. The van der Waals surface area contributed by atoms with Crippen molar-refractivity contribution in [3.63, 3.8) is 0 Å². The minimum Gasteiger partial charge on any atom is -0.365 e. The molecule has 0 aliphatic carbocycles. The van der Waals surface area contributed by atoms with Gasteiger partial charge in [0, 0.05) is 31.4 Å². The number of benzene rings is 1. The van der Waals surface area contributed by atoms with Crippen LogP contribution in [-0.4, -0.2) is 23.8 Å². The fourth-order valence-corrected chi connectivity index (χ4v) is 2.26. The van der Waals surface area contributed by atoms with Crippen molar-refractivity contribution in [2.24, 2.45) is 5.92 Å². The van der Waals surface area contributed by atoms with Crippen molar-refractivity contribution >= 4 is 23.3 Å². The van der Waals surface area contributed by atoms with Gasteiger partial charge in [-0.2, -0.15) is 0 Å². The Labute approximate surface area is 148 Å². The highest BCUT2D eigenvalue weighted by Crippen LogP contribution is 2.16. The van der Waals surface area contributed by atoms with E-state index in [9.17, 15) is 9.59 Å². The predicted octanol–water partition coefficient (Wildman–Crippen LogP) is 3.04. The van der Waals surface area contributed by atoms with Crippen molar-refractivity contribution < 1.29 is 9.59 Å². The zero-order chi connectivity index (χ0) is 18.2. The third kappa shape index (κ3) is 5.04. The number of hydrogen-bond acceptors (Lipinski definition) is 4. The molecule has 6 nitrogen and oxygen atoms in total. The number of amides is 2. The van der Waals surface area contributed by atoms with E-state index in [0.29, 0.717) is 17.9 Å². The van der Waals surface area contributed by atoms with Crippen molar-refractivity contribution in [1.82, 2.24) is 10.3 Å². The second-order valence-electron chi connectivity index (χ2n) is 5.83. The molecule has 0 aliphatic heterocycles. The molecular formula is C19H24N4O2. The summed E-state index contributed by atoms with van der Waals surface area (Å²) in [7, 11) is 1.59. The van der Waals surface area contributed by atoms with Crippen molar-refractivity contribution in [3.8, 4) is 0 Å². The summed E-state index contributed by atoms with van der Waals surface area (Å²) >= 11 is 0. The highest BCUT2D eigenvalue weighted by molar-refractivity contribution is 5.98. The molecule has 0 saturated heterocycles. The maximum Gasteiger partial charge on any atom is 0.254 e. The third-order valence-corrected chi connectivity index (χ3v) is 3.99. The van der Waals surface area contributed by atoms with Crippen LogP contribution in [0.25, 0.3) is 0 Å². The first-order valence-electron chi connectivity index (χ1n) is 8.36. The highest BCUT2D eigenvalue weighted by atomic mass is 16.2. The Bertz CT molecular complexity index is 746. The van der Waals surface area contributed by atoms with Gasteiger partial charge in [-0.3, -0.25) is 9.59 Å². The molecule has 1 atom stereocenters. The standard InChI is InChI=1S/C19H24N4O2/c1-4-13(2)18(24)23-15-8-5-7-14(11-15)12-22-17-16(19(25)20-3)9-6-10-21-17/h5-11,13H,4,12H2,1-3H3,(H,20,25)(H,21,22)(H,23,24). The zero-order valence-electron chi connectivity index (χ0n) is 14.8. The molecular weight excluding hydrogens is 316 g/mol. The van der Waals surface area contributed by atoms with Crippen molar-refractivity contribution in [1.29, 1.82) is 0 Å². The topological polar surface area (TPSA) is 83.1 Å². The number of carbonyl (C=O) groups excluding carboxylic acids is 2. The Morgan fingerprint density at radius 1 is 1.20 bits per heavy atom. The second-order valence-corrected chi connectivity index (χ2v) is 5.83. The van der Waals surface area contributed by atoms with Gasteiger partial charge < -0.3 is 16.0 Å². The van der Waals surface area contributed by atoms with Gasteiger partial charge >= 0.3 is 0 Å². The number of rotatable bonds is 7. The molecule has 0 spiro atoms. The van der Waals surface area contributed by atoms with E-state index in [2.05, 4.69) is 20.9 Å². The number of carbonyl (C=O) groups is 2. The van der Waals surface area contributed by atoms with Crippen LogP contribution in [0.3, 0.4) is 0 Å². The van der Waals surface area contributed by atoms with Gasteiger partial charge in [-0.25, -0.2) is 4.98 Å². The Morgan fingerprint density at radius 3 is 2.72 bits per heavy atom. The van der Waals surface area contributed by atoms with Crippen LogP contribution in [0, 0.1) is 5.92 Å². The smallest absolute Gasteiger partial charge is 0.254 e. The van der Waals surface area contributed by atoms with Crippen LogP contribution < -0.4 is 16.0 Å². The Balaban J connectivity index is 2.06. The molecule has 0 fully saturated rings. The average Bonchev–Trinajstić information content (AvgIpc) is 2.65. The molecule has 25 heavy (non-hydrogen) atoms. The first-order valence-corrected chi connectivity index (χ1v) is 8.36. The quantitative estimate of drug-likeness (QED) is 0.723. The maximum absolute atomic E-state index is 12.0. The van der Waals surface area contributed by atoms with Gasteiger partial charge in [0.25, 0.3) is 5.91 Å². The lowest BCUT2D eigenvalue weighted by molar-refractivity contribution is -0.119. The zero-order valence-corrected chi connectivity index (χ0v) is 14.8. The summed E-state index contributed by atoms with van der Waals surface area (Å²) in [4.78, 5) is 28.1. The van der Waals surface area contributed by atoms with Crippen molar-refractivity contribution in [2.75, 3.05) is 17.7 Å². The van der Waals surface area contributed by atoms with Crippen molar-refractivity contribution in [3.05, 3.63) is 53.7 Å². The van der Waals surface area contributed by atoms with Crippen LogP contribution in [0.2, 0.25) is 0 Å². The fraction of sp³-hybridized carbons (Fsp3) is 0.316. The largest absolute Gasteiger partial charge is 0.365 e. The van der Waals surface area contributed by atoms with Gasteiger partial charge in [-0.05, 0) is 36.2 Å². The molecule has 1 unspecified atom stereocenters. The summed E-state index contributed by atoms with van der Waals surface area (Å²) in [6, 6.07) is 11.1. The van der Waals surface area contributed by atoms with E-state index in [1.54, 1.807) is 25.4 Å². The second kappa shape index (κ2) is 8.82. The summed E-state index contributed by atoms with van der Waals surface area (Å²) in [6.45, 7) is 4.39. The van der Waals surface area contributed by atoms with E-state index in [4.69, 9.17) is 0 Å². The molecule has 2 amide bonds. The highest BCUT2D eigenvalue weighted by Gasteiger charge is 2.12. The van der Waals surface area contributed by atoms with Gasteiger partial charge in [-0.15, -0.1) is 0 Å². The summed E-state index contributed by atoms with van der Waals surface area (Å²) in [5, 5.41) is 8.70. The Morgan fingerprint density at radius 2 is 2.00 bits per heavy atom. The third-order valence-electron chi connectivity index (χ3n) is 3.99. The van der Waals surface area contributed by atoms with Crippen LogP contribution in [0.5, 0.6) is 0 Å². The molecule has 1 heterocycles. The molecule has 3 N–H and O–H groups in total. The Hall–Kier alpha value is -2.89. The number of pyridine rings is 1. The minimum absolute atomic E-state index is 0.0132. The number of aromatic nitrogens is 1. The molecule has 132 valence electrons. The van der Waals surface area contributed by atoms with E-state index in [1.807, 2.05) is 38.1 Å². The van der Waals surface area contributed by atoms with E-state index < -0.39 is 0 Å². The monoisotopic (exact) mass is 340 g/mol. The van der Waals surface area contributed by atoms with Crippen LogP contribution in [0.4, 0.5) is 11.5 Å². The summed E-state index contributed by atoms with van der Waals surface area (Å²) in [5.41, 5.74) is 2.24. The number of hydrogen-bond donors (Lipinski definition) is 3. The lowest BCUT2D eigenvalue weighted by Crippen LogP contribution is -2.20. The van der Waals surface area contributed by atoms with Gasteiger partial charge in [0.15, 0.2) is 0 Å².